The van der Waals surface area contributed by atoms with Gasteiger partial charge < -0.3 is 10.1 Å². The van der Waals surface area contributed by atoms with Crippen molar-refractivity contribution in [2.75, 3.05) is 32.8 Å². The van der Waals surface area contributed by atoms with Crippen molar-refractivity contribution in [1.82, 2.24) is 15.2 Å². The average molecular weight is 386 g/mol. The molecular weight excluding hydrogens is 361 g/mol. The summed E-state index contributed by atoms with van der Waals surface area (Å²) in [5.74, 6) is -0.183. The average Bonchev–Trinajstić information content (AvgIpc) is 3.07. The van der Waals surface area contributed by atoms with Gasteiger partial charge in [-0.15, -0.1) is 23.7 Å². The van der Waals surface area contributed by atoms with Crippen molar-refractivity contribution in [1.29, 1.82) is 0 Å². The van der Waals surface area contributed by atoms with Gasteiger partial charge in [0.25, 0.3) is 0 Å². The molecule has 0 spiro atoms. The number of morpholine rings is 1. The number of halogens is 2. The zero-order valence-electron chi connectivity index (χ0n) is 14.4. The minimum absolute atomic E-state index is 0. The predicted octanol–water partition coefficient (Wildman–Crippen LogP) is 3.43. The molecule has 1 aliphatic heterocycles. The molecule has 0 bridgehead atoms. The molecule has 0 amide bonds. The normalized spacial score (nSPS) is 16.4. The van der Waals surface area contributed by atoms with Crippen molar-refractivity contribution in [2.24, 2.45) is 0 Å². The van der Waals surface area contributed by atoms with Crippen LogP contribution in [0.15, 0.2) is 29.6 Å². The van der Waals surface area contributed by atoms with Gasteiger partial charge in [-0.2, -0.15) is 0 Å². The van der Waals surface area contributed by atoms with Crippen molar-refractivity contribution in [3.8, 4) is 0 Å². The molecule has 0 aliphatic carbocycles. The van der Waals surface area contributed by atoms with Crippen molar-refractivity contribution in [3.05, 3.63) is 51.7 Å². The fraction of sp³-hybridized carbons (Fsp3) is 0.500. The maximum Gasteiger partial charge on any atom is 0.123 e. The Morgan fingerprint density at radius 2 is 2.16 bits per heavy atom. The summed E-state index contributed by atoms with van der Waals surface area (Å²) in [5.41, 5.74) is 2.09. The summed E-state index contributed by atoms with van der Waals surface area (Å²) in [6, 6.07) is 7.07. The molecular formula is C18H25ClFN3OS. The van der Waals surface area contributed by atoms with E-state index in [2.05, 4.69) is 27.5 Å². The van der Waals surface area contributed by atoms with Gasteiger partial charge in [0.2, 0.25) is 0 Å². The predicted molar refractivity (Wildman–Crippen MR) is 102 cm³/mol. The fourth-order valence-corrected chi connectivity index (χ4v) is 3.73. The Balaban J connectivity index is 0.00000225. The monoisotopic (exact) mass is 385 g/mol. The zero-order chi connectivity index (χ0) is 16.8. The highest BCUT2D eigenvalue weighted by atomic mass is 35.5. The van der Waals surface area contributed by atoms with Crippen LogP contribution in [0, 0.1) is 5.82 Å². The Hall–Kier alpha value is -1.05. The van der Waals surface area contributed by atoms with E-state index in [4.69, 9.17) is 4.74 Å². The SMILES string of the molecule is CCc1nc(CNCC(c2cccc(F)c2)N2CCOCC2)cs1.Cl. The first-order valence-electron chi connectivity index (χ1n) is 8.47. The molecule has 3 rings (SSSR count). The first kappa shape index (κ1) is 20.3. The third-order valence-electron chi connectivity index (χ3n) is 4.27. The lowest BCUT2D eigenvalue weighted by atomic mass is 10.0. The second-order valence-electron chi connectivity index (χ2n) is 5.94. The molecule has 25 heavy (non-hydrogen) atoms. The summed E-state index contributed by atoms with van der Waals surface area (Å²) in [7, 11) is 0. The van der Waals surface area contributed by atoms with Crippen LogP contribution in [0.25, 0.3) is 0 Å². The van der Waals surface area contributed by atoms with Crippen LogP contribution in [0.5, 0.6) is 0 Å². The van der Waals surface area contributed by atoms with Crippen LogP contribution in [0.4, 0.5) is 4.39 Å². The zero-order valence-corrected chi connectivity index (χ0v) is 16.0. The van der Waals surface area contributed by atoms with E-state index in [0.717, 1.165) is 57.1 Å². The van der Waals surface area contributed by atoms with Gasteiger partial charge in [-0.25, -0.2) is 9.37 Å². The lowest BCUT2D eigenvalue weighted by Gasteiger charge is -2.35. The van der Waals surface area contributed by atoms with Crippen LogP contribution in [0.2, 0.25) is 0 Å². The quantitative estimate of drug-likeness (QED) is 0.792. The van der Waals surface area contributed by atoms with E-state index >= 15 is 0 Å². The van der Waals surface area contributed by atoms with E-state index in [-0.39, 0.29) is 24.3 Å². The van der Waals surface area contributed by atoms with Crippen LogP contribution < -0.4 is 5.32 Å². The number of nitrogens with zero attached hydrogens (tertiary/aromatic N) is 2. The number of ether oxygens (including phenoxy) is 1. The Labute approximate surface area is 158 Å². The van der Waals surface area contributed by atoms with Crippen molar-refractivity contribution in [2.45, 2.75) is 25.9 Å². The smallest absolute Gasteiger partial charge is 0.123 e. The maximum absolute atomic E-state index is 13.7. The Morgan fingerprint density at radius 1 is 1.36 bits per heavy atom. The molecule has 4 nitrogen and oxygen atoms in total. The van der Waals surface area contributed by atoms with Gasteiger partial charge in [0.1, 0.15) is 5.82 Å². The Morgan fingerprint density at radius 3 is 2.84 bits per heavy atom. The van der Waals surface area contributed by atoms with Gasteiger partial charge in [-0.3, -0.25) is 4.90 Å². The molecule has 0 saturated carbocycles. The van der Waals surface area contributed by atoms with E-state index in [1.807, 2.05) is 6.07 Å². The molecule has 1 fully saturated rings. The molecule has 1 atom stereocenters. The van der Waals surface area contributed by atoms with Crippen LogP contribution in [-0.4, -0.2) is 42.7 Å². The number of hydrogen-bond donors (Lipinski definition) is 1. The molecule has 1 saturated heterocycles. The Kier molecular flexibility index (Phi) is 8.26. The number of benzene rings is 1. The first-order valence-corrected chi connectivity index (χ1v) is 9.35. The second kappa shape index (κ2) is 10.2. The number of aryl methyl sites for hydroxylation is 1. The summed E-state index contributed by atoms with van der Waals surface area (Å²) < 4.78 is 19.1. The molecule has 1 N–H and O–H groups in total. The molecule has 2 aromatic rings. The van der Waals surface area contributed by atoms with Gasteiger partial charge >= 0.3 is 0 Å². The van der Waals surface area contributed by atoms with Crippen LogP contribution in [0.1, 0.15) is 29.2 Å². The highest BCUT2D eigenvalue weighted by Crippen LogP contribution is 2.22. The third kappa shape index (κ3) is 5.72. The largest absolute Gasteiger partial charge is 0.379 e. The van der Waals surface area contributed by atoms with Crippen molar-refractivity contribution < 1.29 is 9.13 Å². The maximum atomic E-state index is 13.7. The van der Waals surface area contributed by atoms with Crippen molar-refractivity contribution >= 4 is 23.7 Å². The number of hydrogen-bond acceptors (Lipinski definition) is 5. The standard InChI is InChI=1S/C18H24FN3OS.ClH/c1-2-18-21-16(13-24-18)11-20-12-17(22-6-8-23-9-7-22)14-4-3-5-15(19)10-14;/h3-5,10,13,17,20H,2,6-9,11-12H2,1H3;1H. The van der Waals surface area contributed by atoms with Gasteiger partial charge in [0.05, 0.1) is 23.9 Å². The number of aromatic nitrogens is 1. The lowest BCUT2D eigenvalue weighted by molar-refractivity contribution is 0.0160. The highest BCUT2D eigenvalue weighted by Gasteiger charge is 2.22. The van der Waals surface area contributed by atoms with E-state index < -0.39 is 0 Å². The molecule has 138 valence electrons. The van der Waals surface area contributed by atoms with Crippen LogP contribution >= 0.6 is 23.7 Å². The summed E-state index contributed by atoms with van der Waals surface area (Å²) >= 11 is 1.71. The van der Waals surface area contributed by atoms with Crippen LogP contribution in [-0.2, 0) is 17.7 Å². The topological polar surface area (TPSA) is 37.4 Å². The van der Waals surface area contributed by atoms with Gasteiger partial charge in [-0.1, -0.05) is 19.1 Å². The van der Waals surface area contributed by atoms with Crippen molar-refractivity contribution in [3.63, 3.8) is 0 Å². The molecule has 1 aromatic heterocycles. The second-order valence-corrected chi connectivity index (χ2v) is 6.88. The number of nitrogens with one attached hydrogen (secondary N) is 1. The molecule has 0 radical (unpaired) electrons. The van der Waals surface area contributed by atoms with E-state index in [1.54, 1.807) is 23.5 Å². The lowest BCUT2D eigenvalue weighted by Crippen LogP contribution is -2.42. The molecule has 1 aromatic carbocycles. The van der Waals surface area contributed by atoms with E-state index in [0.29, 0.717) is 0 Å². The van der Waals surface area contributed by atoms with Gasteiger partial charge in [0, 0.05) is 37.6 Å². The molecule has 1 aliphatic rings. The minimum atomic E-state index is -0.183. The summed E-state index contributed by atoms with van der Waals surface area (Å²) in [5, 5.41) is 6.77. The first-order chi connectivity index (χ1) is 11.8. The van der Waals surface area contributed by atoms with Crippen LogP contribution in [0.3, 0.4) is 0 Å². The summed E-state index contributed by atoms with van der Waals surface area (Å²) in [6.45, 7) is 6.85. The highest BCUT2D eigenvalue weighted by molar-refractivity contribution is 7.09. The molecule has 2 heterocycles. The van der Waals surface area contributed by atoms with E-state index in [1.165, 1.54) is 11.1 Å². The minimum Gasteiger partial charge on any atom is -0.379 e. The van der Waals surface area contributed by atoms with Gasteiger partial charge in [-0.05, 0) is 24.1 Å². The summed E-state index contributed by atoms with van der Waals surface area (Å²) in [4.78, 5) is 6.95. The van der Waals surface area contributed by atoms with Gasteiger partial charge in [0.15, 0.2) is 0 Å². The number of rotatable bonds is 7. The molecule has 7 heteroatoms. The van der Waals surface area contributed by atoms with E-state index in [9.17, 15) is 4.39 Å². The third-order valence-corrected chi connectivity index (χ3v) is 5.31. The Bertz CT molecular complexity index is 649. The summed E-state index contributed by atoms with van der Waals surface area (Å²) in [6.07, 6.45) is 0.977. The molecule has 1 unspecified atom stereocenters. The number of thiazole rings is 1. The fourth-order valence-electron chi connectivity index (χ4n) is 2.99.